The van der Waals surface area contributed by atoms with Crippen LogP contribution in [-0.2, 0) is 13.0 Å². The predicted octanol–water partition coefficient (Wildman–Crippen LogP) is 3.14. The molecule has 0 radical (unpaired) electrons. The second-order valence-electron chi connectivity index (χ2n) is 5.34. The Bertz CT molecular complexity index is 569. The van der Waals surface area contributed by atoms with Gasteiger partial charge in [-0.2, -0.15) is 0 Å². The Kier molecular flexibility index (Phi) is 5.28. The number of halogens is 1. The van der Waals surface area contributed by atoms with Crippen LogP contribution < -0.4 is 10.6 Å². The van der Waals surface area contributed by atoms with Gasteiger partial charge in [0.15, 0.2) is 0 Å². The van der Waals surface area contributed by atoms with Crippen LogP contribution in [-0.4, -0.2) is 18.1 Å². The molecule has 0 spiro atoms. The normalized spacial score (nSPS) is 12.2. The van der Waals surface area contributed by atoms with E-state index in [1.807, 2.05) is 36.3 Å². The van der Waals surface area contributed by atoms with Crippen LogP contribution in [0.15, 0.2) is 42.6 Å². The Hall–Kier alpha value is -1.94. The first kappa shape index (κ1) is 15.4. The quantitative estimate of drug-likeness (QED) is 0.887. The van der Waals surface area contributed by atoms with Gasteiger partial charge in [0.25, 0.3) is 0 Å². The van der Waals surface area contributed by atoms with Gasteiger partial charge in [-0.25, -0.2) is 9.37 Å². The molecule has 0 aliphatic carbocycles. The highest BCUT2D eigenvalue weighted by Gasteiger charge is 2.08. The molecule has 0 saturated heterocycles. The first-order valence-corrected chi connectivity index (χ1v) is 7.25. The monoisotopic (exact) mass is 287 g/mol. The fourth-order valence-electron chi connectivity index (χ4n) is 2.17. The van der Waals surface area contributed by atoms with E-state index < -0.39 is 0 Å². The Morgan fingerprint density at radius 1 is 1.24 bits per heavy atom. The molecule has 1 atom stereocenters. The van der Waals surface area contributed by atoms with Crippen molar-refractivity contribution in [3.8, 4) is 0 Å². The van der Waals surface area contributed by atoms with Crippen LogP contribution >= 0.6 is 0 Å². The minimum Gasteiger partial charge on any atom is -0.355 e. The number of aromatic nitrogens is 1. The van der Waals surface area contributed by atoms with E-state index in [9.17, 15) is 4.39 Å². The molecule has 112 valence electrons. The molecular weight excluding hydrogens is 265 g/mol. The number of pyridine rings is 1. The summed E-state index contributed by atoms with van der Waals surface area (Å²) in [6.07, 6.45) is 3.64. The average Bonchev–Trinajstić information content (AvgIpc) is 2.50. The highest BCUT2D eigenvalue weighted by Crippen LogP contribution is 2.15. The van der Waals surface area contributed by atoms with Crippen molar-refractivity contribution in [2.45, 2.75) is 32.4 Å². The van der Waals surface area contributed by atoms with Gasteiger partial charge in [0.1, 0.15) is 11.6 Å². The lowest BCUT2D eigenvalue weighted by Crippen LogP contribution is -2.22. The third kappa shape index (κ3) is 4.26. The van der Waals surface area contributed by atoms with Gasteiger partial charge in [-0.15, -0.1) is 0 Å². The van der Waals surface area contributed by atoms with Gasteiger partial charge in [0, 0.05) is 31.4 Å². The number of nitrogens with zero attached hydrogens (tertiary/aromatic N) is 2. The molecule has 0 fully saturated rings. The molecule has 1 aromatic heterocycles. The summed E-state index contributed by atoms with van der Waals surface area (Å²) in [6, 6.07) is 11.0. The number of anilines is 1. The van der Waals surface area contributed by atoms with Gasteiger partial charge >= 0.3 is 0 Å². The van der Waals surface area contributed by atoms with Gasteiger partial charge in [0.05, 0.1) is 0 Å². The number of hydrogen-bond donors (Lipinski definition) is 1. The second-order valence-corrected chi connectivity index (χ2v) is 5.34. The van der Waals surface area contributed by atoms with E-state index in [-0.39, 0.29) is 11.9 Å². The summed E-state index contributed by atoms with van der Waals surface area (Å²) >= 11 is 0. The number of nitrogens with two attached hydrogens (primary N) is 1. The molecule has 4 heteroatoms. The highest BCUT2D eigenvalue weighted by atomic mass is 19.1. The van der Waals surface area contributed by atoms with Crippen molar-refractivity contribution < 1.29 is 4.39 Å². The second kappa shape index (κ2) is 7.18. The third-order valence-corrected chi connectivity index (χ3v) is 3.59. The van der Waals surface area contributed by atoms with Crippen molar-refractivity contribution in [2.75, 3.05) is 11.9 Å². The van der Waals surface area contributed by atoms with Crippen LogP contribution in [0.25, 0.3) is 0 Å². The van der Waals surface area contributed by atoms with E-state index in [0.717, 1.165) is 24.2 Å². The smallest absolute Gasteiger partial charge is 0.128 e. The van der Waals surface area contributed by atoms with Gasteiger partial charge in [-0.3, -0.25) is 0 Å². The van der Waals surface area contributed by atoms with Crippen LogP contribution in [0.2, 0.25) is 0 Å². The molecule has 0 saturated carbocycles. The fraction of sp³-hybridized carbons (Fsp3) is 0.353. The van der Waals surface area contributed by atoms with E-state index in [1.54, 1.807) is 12.1 Å². The average molecular weight is 287 g/mol. The first-order chi connectivity index (χ1) is 10.1. The summed E-state index contributed by atoms with van der Waals surface area (Å²) in [7, 11) is 1.91. The zero-order valence-corrected chi connectivity index (χ0v) is 12.6. The molecule has 2 aromatic rings. The summed E-state index contributed by atoms with van der Waals surface area (Å²) in [4.78, 5) is 6.37. The van der Waals surface area contributed by atoms with E-state index in [1.165, 1.54) is 6.07 Å². The summed E-state index contributed by atoms with van der Waals surface area (Å²) in [5, 5.41) is 0. The van der Waals surface area contributed by atoms with E-state index in [0.29, 0.717) is 12.1 Å². The maximum absolute atomic E-state index is 13.7. The lowest BCUT2D eigenvalue weighted by atomic mass is 10.1. The number of hydrogen-bond acceptors (Lipinski definition) is 3. The Balaban J connectivity index is 2.03. The van der Waals surface area contributed by atoms with Crippen molar-refractivity contribution in [1.82, 2.24) is 4.98 Å². The minimum absolute atomic E-state index is 0.175. The standard InChI is InChI=1S/C17H22FN3/c1-3-15(19)10-13-8-9-17(20-11-13)21(2)12-14-6-4-5-7-16(14)18/h4-9,11,15H,3,10,12,19H2,1-2H3. The van der Waals surface area contributed by atoms with E-state index in [4.69, 9.17) is 5.73 Å². The lowest BCUT2D eigenvalue weighted by molar-refractivity contribution is 0.607. The Labute approximate surface area is 125 Å². The van der Waals surface area contributed by atoms with Crippen molar-refractivity contribution in [3.63, 3.8) is 0 Å². The minimum atomic E-state index is -0.185. The summed E-state index contributed by atoms with van der Waals surface area (Å²) < 4.78 is 13.7. The summed E-state index contributed by atoms with van der Waals surface area (Å²) in [6.45, 7) is 2.57. The zero-order chi connectivity index (χ0) is 15.2. The van der Waals surface area contributed by atoms with Crippen LogP contribution in [0.1, 0.15) is 24.5 Å². The summed E-state index contributed by atoms with van der Waals surface area (Å²) in [5.74, 6) is 0.641. The molecule has 0 aliphatic rings. The van der Waals surface area contributed by atoms with Gasteiger partial charge in [-0.05, 0) is 30.5 Å². The molecule has 1 aromatic carbocycles. The zero-order valence-electron chi connectivity index (χ0n) is 12.6. The van der Waals surface area contributed by atoms with Crippen LogP contribution in [0, 0.1) is 5.82 Å². The third-order valence-electron chi connectivity index (χ3n) is 3.59. The Morgan fingerprint density at radius 2 is 2.00 bits per heavy atom. The molecule has 1 heterocycles. The number of benzene rings is 1. The van der Waals surface area contributed by atoms with Gasteiger partial charge in [-0.1, -0.05) is 31.2 Å². The van der Waals surface area contributed by atoms with Gasteiger partial charge < -0.3 is 10.6 Å². The maximum Gasteiger partial charge on any atom is 0.128 e. The van der Waals surface area contributed by atoms with Crippen molar-refractivity contribution in [2.24, 2.45) is 5.73 Å². The van der Waals surface area contributed by atoms with Crippen molar-refractivity contribution in [1.29, 1.82) is 0 Å². The summed E-state index contributed by atoms with van der Waals surface area (Å²) in [5.41, 5.74) is 7.74. The van der Waals surface area contributed by atoms with E-state index >= 15 is 0 Å². The van der Waals surface area contributed by atoms with Crippen LogP contribution in [0.5, 0.6) is 0 Å². The van der Waals surface area contributed by atoms with Crippen LogP contribution in [0.4, 0.5) is 10.2 Å². The molecule has 0 bridgehead atoms. The molecular formula is C17H22FN3. The molecule has 3 nitrogen and oxygen atoms in total. The fourth-order valence-corrected chi connectivity index (χ4v) is 2.17. The predicted molar refractivity (Wildman–Crippen MR) is 84.7 cm³/mol. The van der Waals surface area contributed by atoms with Crippen LogP contribution in [0.3, 0.4) is 0 Å². The maximum atomic E-state index is 13.7. The SMILES string of the molecule is CCC(N)Cc1ccc(N(C)Cc2ccccc2F)nc1. The largest absolute Gasteiger partial charge is 0.355 e. The highest BCUT2D eigenvalue weighted by molar-refractivity contribution is 5.39. The Morgan fingerprint density at radius 3 is 2.62 bits per heavy atom. The van der Waals surface area contributed by atoms with Gasteiger partial charge in [0.2, 0.25) is 0 Å². The van der Waals surface area contributed by atoms with Crippen molar-refractivity contribution >= 4 is 5.82 Å². The molecule has 1 unspecified atom stereocenters. The lowest BCUT2D eigenvalue weighted by Gasteiger charge is -2.19. The molecule has 21 heavy (non-hydrogen) atoms. The first-order valence-electron chi connectivity index (χ1n) is 7.25. The van der Waals surface area contributed by atoms with Crippen molar-refractivity contribution in [3.05, 3.63) is 59.5 Å². The number of rotatable bonds is 6. The topological polar surface area (TPSA) is 42.1 Å². The molecule has 2 rings (SSSR count). The molecule has 0 aliphatic heterocycles. The molecule has 0 amide bonds. The van der Waals surface area contributed by atoms with E-state index in [2.05, 4.69) is 11.9 Å². The molecule has 2 N–H and O–H groups in total.